The number of aryl methyl sites for hydroxylation is 1. The van der Waals surface area contributed by atoms with Gasteiger partial charge in [0, 0.05) is 16.4 Å². The Morgan fingerprint density at radius 1 is 1.07 bits per heavy atom. The normalized spacial score (nSPS) is 21.7. The molecule has 1 aliphatic heterocycles. The molecule has 0 spiro atoms. The average Bonchev–Trinajstić information content (AvgIpc) is 2.83. The van der Waals surface area contributed by atoms with Crippen molar-refractivity contribution in [3.63, 3.8) is 0 Å². The zero-order chi connectivity index (χ0) is 19.8. The van der Waals surface area contributed by atoms with E-state index in [9.17, 15) is 21.9 Å². The molecule has 1 heterocycles. The van der Waals surface area contributed by atoms with Crippen LogP contribution in [0.4, 0.5) is 11.4 Å². The van der Waals surface area contributed by atoms with Crippen LogP contribution in [0.15, 0.2) is 47.4 Å². The third kappa shape index (κ3) is 4.73. The number of hydrogen-bond acceptors (Lipinski definition) is 6. The van der Waals surface area contributed by atoms with Gasteiger partial charge in [0.15, 0.2) is 9.84 Å². The van der Waals surface area contributed by atoms with E-state index in [2.05, 4.69) is 10.0 Å². The average molecular weight is 431 g/mol. The Balaban J connectivity index is 1.73. The highest BCUT2D eigenvalue weighted by molar-refractivity contribution is 7.92. The number of aliphatic hydroxyl groups excluding tert-OH is 1. The Hall–Kier alpha value is -1.81. The monoisotopic (exact) mass is 430 g/mol. The molecule has 10 heteroatoms. The highest BCUT2D eigenvalue weighted by Crippen LogP contribution is 2.24. The molecule has 3 rings (SSSR count). The van der Waals surface area contributed by atoms with Gasteiger partial charge in [0.25, 0.3) is 10.0 Å². The second-order valence-corrected chi connectivity index (χ2v) is 10.7. The van der Waals surface area contributed by atoms with Crippen molar-refractivity contribution >= 4 is 42.8 Å². The topological polar surface area (TPSA) is 113 Å². The fourth-order valence-corrected chi connectivity index (χ4v) is 6.20. The predicted octanol–water partition coefficient (Wildman–Crippen LogP) is 2.02. The number of hydrogen-bond donors (Lipinski definition) is 3. The molecule has 27 heavy (non-hydrogen) atoms. The molecule has 146 valence electrons. The van der Waals surface area contributed by atoms with Crippen molar-refractivity contribution in [2.24, 2.45) is 0 Å². The lowest BCUT2D eigenvalue weighted by molar-refractivity contribution is 0.190. The van der Waals surface area contributed by atoms with Gasteiger partial charge >= 0.3 is 0 Å². The number of anilines is 2. The largest absolute Gasteiger partial charge is 0.390 e. The van der Waals surface area contributed by atoms with E-state index in [1.807, 2.05) is 0 Å². The van der Waals surface area contributed by atoms with Gasteiger partial charge in [-0.1, -0.05) is 17.7 Å². The third-order valence-corrected chi connectivity index (χ3v) is 7.73. The van der Waals surface area contributed by atoms with Gasteiger partial charge in [-0.15, -0.1) is 0 Å². The van der Waals surface area contributed by atoms with Crippen molar-refractivity contribution < 1.29 is 21.9 Å². The molecule has 0 aromatic heterocycles. The van der Waals surface area contributed by atoms with E-state index in [0.717, 1.165) is 0 Å². The highest BCUT2D eigenvalue weighted by atomic mass is 35.5. The van der Waals surface area contributed by atoms with Crippen molar-refractivity contribution in [2.75, 3.05) is 21.5 Å². The molecule has 1 saturated heterocycles. The van der Waals surface area contributed by atoms with Crippen molar-refractivity contribution in [2.45, 2.75) is 24.0 Å². The van der Waals surface area contributed by atoms with Gasteiger partial charge in [-0.25, -0.2) is 16.8 Å². The van der Waals surface area contributed by atoms with Crippen LogP contribution in [0, 0.1) is 6.92 Å². The van der Waals surface area contributed by atoms with Gasteiger partial charge in [0.1, 0.15) is 0 Å². The van der Waals surface area contributed by atoms with Gasteiger partial charge in [-0.2, -0.15) is 0 Å². The molecule has 3 N–H and O–H groups in total. The molecule has 0 saturated carbocycles. The molecular formula is C17H19ClN2O5S2. The van der Waals surface area contributed by atoms with E-state index in [-0.39, 0.29) is 16.4 Å². The Bertz CT molecular complexity index is 1050. The number of halogens is 1. The number of rotatable bonds is 5. The van der Waals surface area contributed by atoms with Gasteiger partial charge in [-0.3, -0.25) is 4.72 Å². The first-order chi connectivity index (χ1) is 12.6. The fraction of sp³-hybridized carbons (Fsp3) is 0.294. The van der Waals surface area contributed by atoms with Crippen LogP contribution >= 0.6 is 11.6 Å². The van der Waals surface area contributed by atoms with Crippen LogP contribution < -0.4 is 10.0 Å². The maximum Gasteiger partial charge on any atom is 0.262 e. The number of sulfone groups is 1. The van der Waals surface area contributed by atoms with E-state index < -0.39 is 32.0 Å². The minimum Gasteiger partial charge on any atom is -0.390 e. The van der Waals surface area contributed by atoms with E-state index in [4.69, 9.17) is 11.6 Å². The molecule has 2 atom stereocenters. The summed E-state index contributed by atoms with van der Waals surface area (Å²) in [7, 11) is -7.05. The number of nitrogens with one attached hydrogen (secondary N) is 2. The highest BCUT2D eigenvalue weighted by Gasteiger charge is 2.36. The molecule has 0 radical (unpaired) electrons. The summed E-state index contributed by atoms with van der Waals surface area (Å²) in [6.45, 7) is 1.68. The summed E-state index contributed by atoms with van der Waals surface area (Å²) < 4.78 is 50.7. The maximum atomic E-state index is 12.6. The first-order valence-electron chi connectivity index (χ1n) is 8.10. The summed E-state index contributed by atoms with van der Waals surface area (Å²) in [5.41, 5.74) is 1.50. The lowest BCUT2D eigenvalue weighted by Crippen LogP contribution is -2.31. The maximum absolute atomic E-state index is 12.6. The van der Waals surface area contributed by atoms with Crippen LogP contribution in [0.3, 0.4) is 0 Å². The quantitative estimate of drug-likeness (QED) is 0.668. The van der Waals surface area contributed by atoms with E-state index >= 15 is 0 Å². The second kappa shape index (κ2) is 7.31. The molecule has 2 aromatic carbocycles. The van der Waals surface area contributed by atoms with Crippen LogP contribution in [0.1, 0.15) is 5.56 Å². The SMILES string of the molecule is Cc1ccc(Cl)cc1S(=O)(=O)Nc1ccc(N[C@@H]2CS(=O)(=O)C[C@@H]2O)cc1. The molecule has 0 unspecified atom stereocenters. The zero-order valence-corrected chi connectivity index (χ0v) is 16.8. The van der Waals surface area contributed by atoms with Crippen molar-refractivity contribution in [1.82, 2.24) is 0 Å². The summed E-state index contributed by atoms with van der Waals surface area (Å²) in [6, 6.07) is 10.4. The molecular weight excluding hydrogens is 412 g/mol. The first-order valence-corrected chi connectivity index (χ1v) is 11.8. The van der Waals surface area contributed by atoms with Gasteiger partial charge in [0.2, 0.25) is 0 Å². The number of sulfonamides is 1. The molecule has 2 aromatic rings. The molecule has 0 amide bonds. The zero-order valence-electron chi connectivity index (χ0n) is 14.4. The van der Waals surface area contributed by atoms with E-state index in [0.29, 0.717) is 22.0 Å². The van der Waals surface area contributed by atoms with Gasteiger partial charge in [-0.05, 0) is 48.9 Å². The second-order valence-electron chi connectivity index (χ2n) is 6.49. The predicted molar refractivity (Wildman–Crippen MR) is 106 cm³/mol. The van der Waals surface area contributed by atoms with Crippen molar-refractivity contribution in [1.29, 1.82) is 0 Å². The van der Waals surface area contributed by atoms with E-state index in [1.54, 1.807) is 43.3 Å². The Kier molecular flexibility index (Phi) is 5.40. The first kappa shape index (κ1) is 19.9. The van der Waals surface area contributed by atoms with Crippen LogP contribution in [0.25, 0.3) is 0 Å². The Morgan fingerprint density at radius 2 is 1.70 bits per heavy atom. The summed E-state index contributed by atoms with van der Waals surface area (Å²) in [4.78, 5) is 0.0940. The van der Waals surface area contributed by atoms with Crippen LogP contribution in [0.2, 0.25) is 5.02 Å². The van der Waals surface area contributed by atoms with Gasteiger partial charge in [0.05, 0.1) is 28.5 Å². The number of benzene rings is 2. The lowest BCUT2D eigenvalue weighted by atomic mass is 10.2. The Labute approximate surface area is 163 Å². The van der Waals surface area contributed by atoms with Crippen molar-refractivity contribution in [3.8, 4) is 0 Å². The van der Waals surface area contributed by atoms with Crippen molar-refractivity contribution in [3.05, 3.63) is 53.1 Å². The molecule has 7 nitrogen and oxygen atoms in total. The third-order valence-electron chi connectivity index (χ3n) is 4.25. The minimum atomic E-state index is -3.80. The van der Waals surface area contributed by atoms with Crippen LogP contribution in [0.5, 0.6) is 0 Å². The summed E-state index contributed by atoms with van der Waals surface area (Å²) in [5, 5.41) is 13.1. The van der Waals surface area contributed by atoms with E-state index in [1.165, 1.54) is 6.07 Å². The minimum absolute atomic E-state index is 0.0940. The lowest BCUT2D eigenvalue weighted by Gasteiger charge is -2.17. The summed E-state index contributed by atoms with van der Waals surface area (Å²) >= 11 is 5.90. The molecule has 0 aliphatic carbocycles. The standard InChI is InChI=1S/C17H19ClN2O5S2/c1-11-2-3-12(18)8-17(11)27(24,25)20-14-6-4-13(5-7-14)19-15-9-26(22,23)10-16(15)21/h2-8,15-16,19-21H,9-10H2,1H3/t15-,16+/m1/s1. The summed E-state index contributed by atoms with van der Waals surface area (Å²) in [6.07, 6.45) is -0.973. The molecule has 1 aliphatic rings. The Morgan fingerprint density at radius 3 is 2.30 bits per heavy atom. The van der Waals surface area contributed by atoms with Crippen LogP contribution in [-0.4, -0.2) is 45.6 Å². The molecule has 0 bridgehead atoms. The number of aliphatic hydroxyl groups is 1. The van der Waals surface area contributed by atoms with Crippen LogP contribution in [-0.2, 0) is 19.9 Å². The fourth-order valence-electron chi connectivity index (χ4n) is 2.89. The summed E-state index contributed by atoms with van der Waals surface area (Å²) in [5.74, 6) is -0.405. The molecule has 1 fully saturated rings. The smallest absolute Gasteiger partial charge is 0.262 e. The van der Waals surface area contributed by atoms with Gasteiger partial charge < -0.3 is 10.4 Å².